The second-order valence-electron chi connectivity index (χ2n) is 8.27. The molecule has 0 spiro atoms. The van der Waals surface area contributed by atoms with Crippen molar-refractivity contribution in [3.63, 3.8) is 0 Å². The van der Waals surface area contributed by atoms with Crippen molar-refractivity contribution in [2.24, 2.45) is 0 Å². The van der Waals surface area contributed by atoms with Gasteiger partial charge in [-0.1, -0.05) is 6.42 Å². The number of furan rings is 1. The van der Waals surface area contributed by atoms with E-state index in [1.54, 1.807) is 13.8 Å². The number of fused-ring (bicyclic) bond motifs is 1. The Morgan fingerprint density at radius 1 is 1.18 bits per heavy atom. The first-order valence-electron chi connectivity index (χ1n) is 11.1. The van der Waals surface area contributed by atoms with Crippen LogP contribution in [0.4, 0.5) is 20.8 Å². The summed E-state index contributed by atoms with van der Waals surface area (Å²) in [7, 11) is 0. The van der Waals surface area contributed by atoms with Gasteiger partial charge < -0.3 is 20.4 Å². The number of nitriles is 1. The zero-order chi connectivity index (χ0) is 24.2. The summed E-state index contributed by atoms with van der Waals surface area (Å²) in [4.78, 5) is 26.4. The predicted molar refractivity (Wildman–Crippen MR) is 130 cm³/mol. The van der Waals surface area contributed by atoms with Gasteiger partial charge in [-0.2, -0.15) is 5.26 Å². The van der Waals surface area contributed by atoms with Gasteiger partial charge >= 0.3 is 0 Å². The highest BCUT2D eigenvalue weighted by atomic mass is 32.1. The largest absolute Gasteiger partial charge is 0.469 e. The zero-order valence-corrected chi connectivity index (χ0v) is 19.8. The maximum atomic E-state index is 14.3. The molecule has 0 radical (unpaired) electrons. The van der Waals surface area contributed by atoms with Crippen molar-refractivity contribution in [1.82, 2.24) is 0 Å². The predicted octanol–water partition coefficient (Wildman–Crippen LogP) is 5.62. The number of anilines is 3. The first kappa shape index (κ1) is 23.5. The fraction of sp³-hybridized carbons (Fsp3) is 0.320. The number of hydrogen-bond donors (Lipinski definition) is 3. The van der Waals surface area contributed by atoms with Gasteiger partial charge in [0.2, 0.25) is 5.91 Å². The third kappa shape index (κ3) is 4.97. The van der Waals surface area contributed by atoms with Gasteiger partial charge in [0.15, 0.2) is 0 Å². The smallest absolute Gasteiger partial charge is 0.259 e. The molecule has 1 aliphatic carbocycles. The van der Waals surface area contributed by atoms with E-state index < -0.39 is 17.8 Å². The van der Waals surface area contributed by atoms with E-state index >= 15 is 0 Å². The van der Waals surface area contributed by atoms with Gasteiger partial charge in [0.1, 0.15) is 28.7 Å². The number of benzene rings is 1. The highest BCUT2D eigenvalue weighted by Gasteiger charge is 2.23. The van der Waals surface area contributed by atoms with Crippen LogP contribution < -0.4 is 16.0 Å². The van der Waals surface area contributed by atoms with Crippen LogP contribution >= 0.6 is 11.3 Å². The molecular weight excluding hydrogens is 455 g/mol. The summed E-state index contributed by atoms with van der Waals surface area (Å²) in [5.74, 6) is -0.970. The fourth-order valence-electron chi connectivity index (χ4n) is 4.01. The third-order valence-corrected chi connectivity index (χ3v) is 7.07. The number of nitrogens with zero attached hydrogens (tertiary/aromatic N) is 1. The minimum Gasteiger partial charge on any atom is -0.469 e. The molecule has 4 rings (SSSR count). The molecule has 176 valence electrons. The van der Waals surface area contributed by atoms with E-state index in [0.29, 0.717) is 27.6 Å². The number of rotatable bonds is 6. The van der Waals surface area contributed by atoms with Crippen LogP contribution in [-0.2, 0) is 17.6 Å². The van der Waals surface area contributed by atoms with E-state index in [1.165, 1.54) is 46.7 Å². The number of halogens is 1. The van der Waals surface area contributed by atoms with E-state index in [4.69, 9.17) is 4.42 Å². The van der Waals surface area contributed by atoms with E-state index in [9.17, 15) is 19.2 Å². The van der Waals surface area contributed by atoms with Crippen LogP contribution in [0.3, 0.4) is 0 Å². The van der Waals surface area contributed by atoms with Crippen molar-refractivity contribution in [2.75, 3.05) is 16.0 Å². The maximum absolute atomic E-state index is 14.3. The molecule has 0 saturated carbocycles. The minimum absolute atomic E-state index is 0.0167. The molecule has 0 saturated heterocycles. The molecule has 9 heteroatoms. The van der Waals surface area contributed by atoms with Crippen molar-refractivity contribution >= 4 is 39.5 Å². The zero-order valence-electron chi connectivity index (χ0n) is 19.0. The van der Waals surface area contributed by atoms with Gasteiger partial charge in [-0.25, -0.2) is 4.39 Å². The van der Waals surface area contributed by atoms with E-state index in [0.717, 1.165) is 37.7 Å². The lowest BCUT2D eigenvalue weighted by Gasteiger charge is -2.16. The lowest BCUT2D eigenvalue weighted by Crippen LogP contribution is -2.31. The highest BCUT2D eigenvalue weighted by Crippen LogP contribution is 2.37. The van der Waals surface area contributed by atoms with Crippen molar-refractivity contribution in [1.29, 1.82) is 5.26 Å². The van der Waals surface area contributed by atoms with Gasteiger partial charge in [-0.15, -0.1) is 11.3 Å². The Balaban J connectivity index is 1.45. The van der Waals surface area contributed by atoms with Crippen molar-refractivity contribution in [3.05, 3.63) is 63.7 Å². The minimum atomic E-state index is -0.668. The van der Waals surface area contributed by atoms with Gasteiger partial charge in [0, 0.05) is 10.6 Å². The van der Waals surface area contributed by atoms with Crippen molar-refractivity contribution < 1.29 is 18.4 Å². The summed E-state index contributed by atoms with van der Waals surface area (Å²) in [6.07, 6.45) is 6.47. The number of amides is 2. The Hall–Kier alpha value is -3.64. The summed E-state index contributed by atoms with van der Waals surface area (Å²) in [5, 5.41) is 18.7. The average molecular weight is 481 g/mol. The van der Waals surface area contributed by atoms with Gasteiger partial charge in [0.05, 0.1) is 23.1 Å². The maximum Gasteiger partial charge on any atom is 0.259 e. The van der Waals surface area contributed by atoms with Crippen LogP contribution in [0.5, 0.6) is 0 Å². The average Bonchev–Trinajstić information content (AvgIpc) is 3.30. The first-order valence-corrected chi connectivity index (χ1v) is 12.0. The van der Waals surface area contributed by atoms with Crippen molar-refractivity contribution in [3.8, 4) is 6.07 Å². The SMILES string of the molecule is Cc1occc1C(=O)Nc1cc(NC(C)C(=O)Nc2sc3c(c2C#N)CCCCC3)ccc1F. The molecule has 34 heavy (non-hydrogen) atoms. The molecule has 3 N–H and O–H groups in total. The first-order chi connectivity index (χ1) is 16.4. The summed E-state index contributed by atoms with van der Waals surface area (Å²) in [5.41, 5.74) is 2.38. The molecule has 2 heterocycles. The summed E-state index contributed by atoms with van der Waals surface area (Å²) < 4.78 is 19.4. The second-order valence-corrected chi connectivity index (χ2v) is 9.38. The number of aryl methyl sites for hydroxylation is 2. The van der Waals surface area contributed by atoms with Gasteiger partial charge in [-0.05, 0) is 69.4 Å². The number of carbonyl (C=O) groups excluding carboxylic acids is 2. The van der Waals surface area contributed by atoms with Gasteiger partial charge in [0.25, 0.3) is 5.91 Å². The lowest BCUT2D eigenvalue weighted by atomic mass is 10.1. The van der Waals surface area contributed by atoms with E-state index in [-0.39, 0.29) is 11.6 Å². The Morgan fingerprint density at radius 2 is 1.97 bits per heavy atom. The van der Waals surface area contributed by atoms with E-state index in [2.05, 4.69) is 22.0 Å². The van der Waals surface area contributed by atoms with Crippen LogP contribution in [-0.4, -0.2) is 17.9 Å². The third-order valence-electron chi connectivity index (χ3n) is 5.86. The van der Waals surface area contributed by atoms with Crippen LogP contribution in [0.15, 0.2) is 34.9 Å². The topological polar surface area (TPSA) is 107 Å². The van der Waals surface area contributed by atoms with Crippen molar-refractivity contribution in [2.45, 2.75) is 52.0 Å². The molecule has 0 aliphatic heterocycles. The molecule has 1 aromatic carbocycles. The molecule has 2 aromatic heterocycles. The number of nitrogens with one attached hydrogen (secondary N) is 3. The van der Waals surface area contributed by atoms with E-state index in [1.807, 2.05) is 0 Å². The molecule has 1 atom stereocenters. The Morgan fingerprint density at radius 3 is 2.71 bits per heavy atom. The molecule has 2 amide bonds. The monoisotopic (exact) mass is 480 g/mol. The fourth-order valence-corrected chi connectivity index (χ4v) is 5.25. The standard InChI is InChI=1S/C25H25FN4O3S/c1-14(23(31)30-25-19(13-27)18-6-4-3-5-7-22(18)34-25)28-16-8-9-20(26)21(12-16)29-24(32)17-10-11-33-15(17)2/h8-12,14,28H,3-7H2,1-2H3,(H,29,32)(H,30,31). The summed E-state index contributed by atoms with van der Waals surface area (Å²) >= 11 is 1.48. The van der Waals surface area contributed by atoms with Crippen LogP contribution in [0.1, 0.15) is 58.3 Å². The molecular formula is C25H25FN4O3S. The number of thiophene rings is 1. The van der Waals surface area contributed by atoms with Gasteiger partial charge in [-0.3, -0.25) is 9.59 Å². The molecule has 1 aliphatic rings. The second kappa shape index (κ2) is 10.1. The van der Waals surface area contributed by atoms with Crippen LogP contribution in [0.25, 0.3) is 0 Å². The molecule has 3 aromatic rings. The summed E-state index contributed by atoms with van der Waals surface area (Å²) in [6.45, 7) is 3.32. The molecule has 0 bridgehead atoms. The summed E-state index contributed by atoms with van der Waals surface area (Å²) in [6, 6.07) is 7.24. The Labute approximate surface area is 201 Å². The Bertz CT molecular complexity index is 1270. The number of hydrogen-bond acceptors (Lipinski definition) is 6. The highest BCUT2D eigenvalue weighted by molar-refractivity contribution is 7.16. The van der Waals surface area contributed by atoms with Crippen LogP contribution in [0, 0.1) is 24.1 Å². The van der Waals surface area contributed by atoms with Crippen LogP contribution in [0.2, 0.25) is 0 Å². The normalized spacial score (nSPS) is 13.8. The Kier molecular flexibility index (Phi) is 6.98. The molecule has 0 fully saturated rings. The quantitative estimate of drug-likeness (QED) is 0.397. The number of carbonyl (C=O) groups is 2. The molecule has 7 nitrogen and oxygen atoms in total. The lowest BCUT2D eigenvalue weighted by molar-refractivity contribution is -0.116. The molecule has 1 unspecified atom stereocenters.